The number of halogens is 1. The molecule has 0 aliphatic rings. The summed E-state index contributed by atoms with van der Waals surface area (Å²) in [6.07, 6.45) is 1.26. The molecule has 0 aliphatic heterocycles. The van der Waals surface area contributed by atoms with Gasteiger partial charge in [-0.3, -0.25) is 4.79 Å². The van der Waals surface area contributed by atoms with Gasteiger partial charge in [0.1, 0.15) is 5.82 Å². The van der Waals surface area contributed by atoms with Crippen LogP contribution < -0.4 is 5.56 Å². The monoisotopic (exact) mass is 233 g/mol. The number of hydrogen-bond acceptors (Lipinski definition) is 2. The Hall–Kier alpha value is -2.43. The van der Waals surface area contributed by atoms with Gasteiger partial charge in [-0.2, -0.15) is 0 Å². The lowest BCUT2D eigenvalue weighted by atomic mass is 10.0. The summed E-state index contributed by atoms with van der Waals surface area (Å²) in [7, 11) is 0. The maximum atomic E-state index is 12.8. The molecule has 0 saturated heterocycles. The van der Waals surface area contributed by atoms with Gasteiger partial charge in [0, 0.05) is 6.20 Å². The van der Waals surface area contributed by atoms with Crippen LogP contribution in [-0.2, 0) is 0 Å². The second-order valence-electron chi connectivity index (χ2n) is 3.41. The number of carbonyl (C=O) groups is 1. The van der Waals surface area contributed by atoms with E-state index in [2.05, 4.69) is 4.98 Å². The molecule has 86 valence electrons. The quantitative estimate of drug-likeness (QED) is 0.831. The summed E-state index contributed by atoms with van der Waals surface area (Å²) < 4.78 is 12.8. The molecule has 1 heterocycles. The molecule has 0 radical (unpaired) electrons. The van der Waals surface area contributed by atoms with Crippen LogP contribution in [0.2, 0.25) is 0 Å². The van der Waals surface area contributed by atoms with Crippen molar-refractivity contribution in [2.24, 2.45) is 0 Å². The Labute approximate surface area is 95.4 Å². The van der Waals surface area contributed by atoms with Gasteiger partial charge >= 0.3 is 5.97 Å². The minimum absolute atomic E-state index is 0.0278. The Kier molecular flexibility index (Phi) is 2.74. The predicted octanol–water partition coefficient (Wildman–Crippen LogP) is 1.88. The number of hydrogen-bond donors (Lipinski definition) is 2. The third-order valence-electron chi connectivity index (χ3n) is 2.32. The number of aromatic carboxylic acids is 1. The van der Waals surface area contributed by atoms with E-state index < -0.39 is 17.3 Å². The maximum absolute atomic E-state index is 12.8. The molecule has 0 bridgehead atoms. The molecule has 0 spiro atoms. The van der Waals surface area contributed by atoms with Crippen molar-refractivity contribution in [1.82, 2.24) is 4.98 Å². The van der Waals surface area contributed by atoms with Gasteiger partial charge in [-0.25, -0.2) is 9.18 Å². The second-order valence-corrected chi connectivity index (χ2v) is 3.41. The molecule has 0 aliphatic carbocycles. The molecule has 0 fully saturated rings. The summed E-state index contributed by atoms with van der Waals surface area (Å²) >= 11 is 0. The number of aromatic amines is 1. The average Bonchev–Trinajstić information content (AvgIpc) is 2.30. The van der Waals surface area contributed by atoms with Crippen LogP contribution in [0.15, 0.2) is 41.3 Å². The fraction of sp³-hybridized carbons (Fsp3) is 0. The number of H-pyrrole nitrogens is 1. The minimum atomic E-state index is -1.20. The molecule has 0 saturated carbocycles. The van der Waals surface area contributed by atoms with Crippen LogP contribution in [0.3, 0.4) is 0 Å². The second kappa shape index (κ2) is 4.21. The third-order valence-corrected chi connectivity index (χ3v) is 2.32. The SMILES string of the molecule is O=C(O)c1cc[nH]c(=O)c1-c1ccc(F)cc1. The maximum Gasteiger partial charge on any atom is 0.336 e. The largest absolute Gasteiger partial charge is 0.478 e. The van der Waals surface area contributed by atoms with Gasteiger partial charge < -0.3 is 10.1 Å². The lowest BCUT2D eigenvalue weighted by Crippen LogP contribution is -2.14. The number of benzene rings is 1. The molecule has 0 unspecified atom stereocenters. The van der Waals surface area contributed by atoms with Gasteiger partial charge in [0.05, 0.1) is 11.1 Å². The zero-order valence-electron chi connectivity index (χ0n) is 8.61. The van der Waals surface area contributed by atoms with Crippen molar-refractivity contribution in [3.63, 3.8) is 0 Å². The van der Waals surface area contributed by atoms with Crippen LogP contribution >= 0.6 is 0 Å². The highest BCUT2D eigenvalue weighted by Gasteiger charge is 2.14. The summed E-state index contributed by atoms with van der Waals surface area (Å²) in [5.41, 5.74) is -0.234. The van der Waals surface area contributed by atoms with E-state index in [1.807, 2.05) is 0 Å². The fourth-order valence-electron chi connectivity index (χ4n) is 1.56. The highest BCUT2D eigenvalue weighted by molar-refractivity contribution is 5.95. The van der Waals surface area contributed by atoms with Crippen molar-refractivity contribution in [2.45, 2.75) is 0 Å². The highest BCUT2D eigenvalue weighted by Crippen LogP contribution is 2.19. The molecular formula is C12H8FNO3. The van der Waals surface area contributed by atoms with Gasteiger partial charge in [-0.1, -0.05) is 12.1 Å². The predicted molar refractivity (Wildman–Crippen MR) is 59.4 cm³/mol. The van der Waals surface area contributed by atoms with Crippen molar-refractivity contribution in [3.05, 3.63) is 58.3 Å². The smallest absolute Gasteiger partial charge is 0.336 e. The Morgan fingerprint density at radius 2 is 1.82 bits per heavy atom. The van der Waals surface area contributed by atoms with Gasteiger partial charge in [0.15, 0.2) is 0 Å². The van der Waals surface area contributed by atoms with Crippen LogP contribution in [0.25, 0.3) is 11.1 Å². The average molecular weight is 233 g/mol. The van der Waals surface area contributed by atoms with Crippen molar-refractivity contribution >= 4 is 5.97 Å². The number of carboxylic acids is 1. The molecule has 0 amide bonds. The normalized spacial score (nSPS) is 10.2. The summed E-state index contributed by atoms with van der Waals surface area (Å²) in [5, 5.41) is 8.98. The summed E-state index contributed by atoms with van der Waals surface area (Å²) in [5.74, 6) is -1.64. The van der Waals surface area contributed by atoms with E-state index in [9.17, 15) is 14.0 Å². The Morgan fingerprint density at radius 3 is 2.41 bits per heavy atom. The molecule has 2 rings (SSSR count). The van der Waals surface area contributed by atoms with Gasteiger partial charge in [0.25, 0.3) is 5.56 Å². The van der Waals surface area contributed by atoms with E-state index in [1.165, 1.54) is 36.5 Å². The van der Waals surface area contributed by atoms with Crippen molar-refractivity contribution in [1.29, 1.82) is 0 Å². The van der Waals surface area contributed by atoms with E-state index >= 15 is 0 Å². The number of pyridine rings is 1. The molecule has 4 nitrogen and oxygen atoms in total. The number of rotatable bonds is 2. The standard InChI is InChI=1S/C12H8FNO3/c13-8-3-1-7(2-4-8)10-9(12(16)17)5-6-14-11(10)15/h1-6H,(H,14,15)(H,16,17). The van der Waals surface area contributed by atoms with E-state index in [-0.39, 0.29) is 11.1 Å². The highest BCUT2D eigenvalue weighted by atomic mass is 19.1. The van der Waals surface area contributed by atoms with Crippen molar-refractivity contribution in [3.8, 4) is 11.1 Å². The molecule has 0 atom stereocenters. The number of nitrogens with one attached hydrogen (secondary N) is 1. The first-order chi connectivity index (χ1) is 8.09. The molecule has 1 aromatic heterocycles. The van der Waals surface area contributed by atoms with Gasteiger partial charge in [-0.15, -0.1) is 0 Å². The zero-order chi connectivity index (χ0) is 12.4. The zero-order valence-corrected chi connectivity index (χ0v) is 8.61. The van der Waals surface area contributed by atoms with Crippen LogP contribution in [0.1, 0.15) is 10.4 Å². The Balaban J connectivity index is 2.70. The van der Waals surface area contributed by atoms with Gasteiger partial charge in [0.2, 0.25) is 0 Å². The summed E-state index contributed by atoms with van der Waals surface area (Å²) in [6, 6.07) is 6.38. The lowest BCUT2D eigenvalue weighted by molar-refractivity contribution is 0.0697. The van der Waals surface area contributed by atoms with E-state index in [4.69, 9.17) is 5.11 Å². The molecular weight excluding hydrogens is 225 g/mol. The van der Waals surface area contributed by atoms with E-state index in [0.29, 0.717) is 5.56 Å². The molecule has 2 aromatic rings. The Morgan fingerprint density at radius 1 is 1.18 bits per heavy atom. The first-order valence-electron chi connectivity index (χ1n) is 4.80. The Bertz CT molecular complexity index is 616. The van der Waals surface area contributed by atoms with E-state index in [0.717, 1.165) is 0 Å². The first kappa shape index (κ1) is 11.1. The van der Waals surface area contributed by atoms with E-state index in [1.54, 1.807) is 0 Å². The van der Waals surface area contributed by atoms with Gasteiger partial charge in [-0.05, 0) is 23.8 Å². The van der Waals surface area contributed by atoms with Crippen LogP contribution in [-0.4, -0.2) is 16.1 Å². The van der Waals surface area contributed by atoms with Crippen LogP contribution in [0.4, 0.5) is 4.39 Å². The van der Waals surface area contributed by atoms with Crippen molar-refractivity contribution in [2.75, 3.05) is 0 Å². The van der Waals surface area contributed by atoms with Crippen LogP contribution in [0.5, 0.6) is 0 Å². The lowest BCUT2D eigenvalue weighted by Gasteiger charge is -2.04. The number of aromatic nitrogens is 1. The van der Waals surface area contributed by atoms with Crippen LogP contribution in [0, 0.1) is 5.82 Å². The first-order valence-corrected chi connectivity index (χ1v) is 4.80. The number of carboxylic acid groups (broad SMARTS) is 1. The minimum Gasteiger partial charge on any atom is -0.478 e. The molecule has 5 heteroatoms. The molecule has 2 N–H and O–H groups in total. The molecule has 17 heavy (non-hydrogen) atoms. The fourth-order valence-corrected chi connectivity index (χ4v) is 1.56. The topological polar surface area (TPSA) is 70.2 Å². The summed E-state index contributed by atoms with van der Waals surface area (Å²) in [4.78, 5) is 25.0. The molecule has 1 aromatic carbocycles. The summed E-state index contributed by atoms with van der Waals surface area (Å²) in [6.45, 7) is 0. The third kappa shape index (κ3) is 2.08. The van der Waals surface area contributed by atoms with Crippen molar-refractivity contribution < 1.29 is 14.3 Å².